The summed E-state index contributed by atoms with van der Waals surface area (Å²) in [4.78, 5) is 0. The average molecular weight is 229 g/mol. The van der Waals surface area contributed by atoms with Crippen molar-refractivity contribution in [2.45, 2.75) is 39.3 Å². The van der Waals surface area contributed by atoms with E-state index in [1.165, 1.54) is 5.56 Å². The first kappa shape index (κ1) is 12.0. The van der Waals surface area contributed by atoms with Crippen molar-refractivity contribution in [3.63, 3.8) is 0 Å². The molecule has 1 aromatic rings. The van der Waals surface area contributed by atoms with Crippen molar-refractivity contribution in [2.24, 2.45) is 11.7 Å². The molecule has 0 aromatic heterocycles. The Labute approximate surface area is 103 Å². The number of benzene rings is 1. The van der Waals surface area contributed by atoms with Crippen molar-refractivity contribution in [2.75, 3.05) is 0 Å². The van der Waals surface area contributed by atoms with Gasteiger partial charge < -0.3 is 10.5 Å². The van der Waals surface area contributed by atoms with Gasteiger partial charge in [0.2, 0.25) is 0 Å². The molecule has 0 amide bonds. The summed E-state index contributed by atoms with van der Waals surface area (Å²) >= 11 is 0. The van der Waals surface area contributed by atoms with E-state index in [2.05, 4.69) is 38.7 Å². The fourth-order valence-corrected chi connectivity index (χ4v) is 1.83. The van der Waals surface area contributed by atoms with Crippen LogP contribution in [-0.2, 0) is 6.42 Å². The molecule has 0 aliphatic carbocycles. The average Bonchev–Trinajstić information content (AvgIpc) is 2.64. The second kappa shape index (κ2) is 4.81. The highest BCUT2D eigenvalue weighted by Crippen LogP contribution is 2.29. The molecule has 0 saturated carbocycles. The fourth-order valence-electron chi connectivity index (χ4n) is 1.83. The van der Waals surface area contributed by atoms with Gasteiger partial charge in [-0.25, -0.2) is 0 Å². The number of hydrogen-bond acceptors (Lipinski definition) is 2. The third kappa shape index (κ3) is 2.81. The van der Waals surface area contributed by atoms with E-state index >= 15 is 0 Å². The standard InChI is InChI=1S/C15H19NO/c1-10(2)14(16)6-4-12-5-7-15-13(9-12)8-11(3)17-15/h5,7,9-11,14H,8,16H2,1-3H3. The van der Waals surface area contributed by atoms with Gasteiger partial charge >= 0.3 is 0 Å². The molecule has 2 unspecified atom stereocenters. The number of rotatable bonds is 1. The number of nitrogens with two attached hydrogens (primary N) is 1. The third-order valence-corrected chi connectivity index (χ3v) is 3.00. The lowest BCUT2D eigenvalue weighted by Gasteiger charge is -2.06. The Balaban J connectivity index is 2.17. The van der Waals surface area contributed by atoms with Crippen LogP contribution < -0.4 is 10.5 Å². The monoisotopic (exact) mass is 229 g/mol. The summed E-state index contributed by atoms with van der Waals surface area (Å²) in [5, 5.41) is 0. The molecule has 1 aromatic carbocycles. The summed E-state index contributed by atoms with van der Waals surface area (Å²) in [7, 11) is 0. The molecule has 90 valence electrons. The first-order valence-electron chi connectivity index (χ1n) is 6.13. The van der Waals surface area contributed by atoms with Gasteiger partial charge in [0.05, 0.1) is 6.04 Å². The minimum Gasteiger partial charge on any atom is -0.490 e. The largest absolute Gasteiger partial charge is 0.490 e. The minimum atomic E-state index is -0.0570. The zero-order valence-electron chi connectivity index (χ0n) is 10.7. The van der Waals surface area contributed by atoms with E-state index in [0.29, 0.717) is 5.92 Å². The van der Waals surface area contributed by atoms with Crippen LogP contribution in [-0.4, -0.2) is 12.1 Å². The Morgan fingerprint density at radius 3 is 2.88 bits per heavy atom. The Morgan fingerprint density at radius 2 is 2.18 bits per heavy atom. The van der Waals surface area contributed by atoms with Gasteiger partial charge in [-0.15, -0.1) is 0 Å². The second-order valence-corrected chi connectivity index (χ2v) is 4.99. The van der Waals surface area contributed by atoms with Gasteiger partial charge in [0.1, 0.15) is 11.9 Å². The SMILES string of the molecule is CC1Cc2cc(C#CC(N)C(C)C)ccc2O1. The van der Waals surface area contributed by atoms with Crippen LogP contribution in [0.2, 0.25) is 0 Å². The molecule has 2 heteroatoms. The predicted octanol–water partition coefficient (Wildman–Crippen LogP) is 2.34. The van der Waals surface area contributed by atoms with E-state index in [9.17, 15) is 0 Å². The summed E-state index contributed by atoms with van der Waals surface area (Å²) in [5.74, 6) is 7.61. The lowest BCUT2D eigenvalue weighted by molar-refractivity contribution is 0.254. The number of fused-ring (bicyclic) bond motifs is 1. The summed E-state index contributed by atoms with van der Waals surface area (Å²) in [6.45, 7) is 6.25. The van der Waals surface area contributed by atoms with Crippen LogP contribution in [0, 0.1) is 17.8 Å². The highest BCUT2D eigenvalue weighted by Gasteiger charge is 2.18. The van der Waals surface area contributed by atoms with Crippen LogP contribution in [0.4, 0.5) is 0 Å². The van der Waals surface area contributed by atoms with Crippen molar-refractivity contribution in [3.8, 4) is 17.6 Å². The molecular weight excluding hydrogens is 210 g/mol. The Morgan fingerprint density at radius 1 is 1.41 bits per heavy atom. The zero-order chi connectivity index (χ0) is 12.4. The topological polar surface area (TPSA) is 35.2 Å². The molecule has 2 nitrogen and oxygen atoms in total. The van der Waals surface area contributed by atoms with Crippen molar-refractivity contribution in [1.82, 2.24) is 0 Å². The molecular formula is C15H19NO. The maximum absolute atomic E-state index is 5.90. The molecule has 0 spiro atoms. The van der Waals surface area contributed by atoms with Crippen LogP contribution in [0.15, 0.2) is 18.2 Å². The van der Waals surface area contributed by atoms with Gasteiger partial charge in [-0.05, 0) is 36.6 Å². The molecule has 17 heavy (non-hydrogen) atoms. The minimum absolute atomic E-state index is 0.0570. The molecule has 2 N–H and O–H groups in total. The highest BCUT2D eigenvalue weighted by molar-refractivity contribution is 5.46. The summed E-state index contributed by atoms with van der Waals surface area (Å²) in [6.07, 6.45) is 1.26. The quantitative estimate of drug-likeness (QED) is 0.750. The van der Waals surface area contributed by atoms with Crippen LogP contribution in [0.5, 0.6) is 5.75 Å². The first-order chi connectivity index (χ1) is 8.06. The highest BCUT2D eigenvalue weighted by atomic mass is 16.5. The van der Waals surface area contributed by atoms with E-state index in [4.69, 9.17) is 10.5 Å². The lowest BCUT2D eigenvalue weighted by atomic mass is 10.0. The van der Waals surface area contributed by atoms with Crippen LogP contribution in [0.25, 0.3) is 0 Å². The van der Waals surface area contributed by atoms with Gasteiger partial charge in [-0.1, -0.05) is 25.7 Å². The third-order valence-electron chi connectivity index (χ3n) is 3.00. The maximum Gasteiger partial charge on any atom is 0.123 e. The second-order valence-electron chi connectivity index (χ2n) is 4.99. The van der Waals surface area contributed by atoms with Crippen LogP contribution in [0.3, 0.4) is 0 Å². The first-order valence-corrected chi connectivity index (χ1v) is 6.13. The molecule has 2 atom stereocenters. The Kier molecular flexibility index (Phi) is 3.40. The van der Waals surface area contributed by atoms with Crippen molar-refractivity contribution >= 4 is 0 Å². The Bertz CT molecular complexity index is 468. The van der Waals surface area contributed by atoms with Gasteiger partial charge in [0.15, 0.2) is 0 Å². The smallest absolute Gasteiger partial charge is 0.123 e. The van der Waals surface area contributed by atoms with E-state index in [1.54, 1.807) is 0 Å². The van der Waals surface area contributed by atoms with Crippen molar-refractivity contribution in [1.29, 1.82) is 0 Å². The van der Waals surface area contributed by atoms with Gasteiger partial charge in [0, 0.05) is 12.0 Å². The summed E-state index contributed by atoms with van der Waals surface area (Å²) in [5.41, 5.74) is 8.18. The summed E-state index contributed by atoms with van der Waals surface area (Å²) in [6, 6.07) is 6.05. The zero-order valence-corrected chi connectivity index (χ0v) is 10.7. The molecule has 0 saturated heterocycles. The van der Waals surface area contributed by atoms with Crippen LogP contribution in [0.1, 0.15) is 31.9 Å². The Hall–Kier alpha value is -1.46. The van der Waals surface area contributed by atoms with Crippen molar-refractivity contribution < 1.29 is 4.74 Å². The molecule has 2 rings (SSSR count). The molecule has 1 aliphatic rings. The fraction of sp³-hybridized carbons (Fsp3) is 0.467. The number of ether oxygens (including phenoxy) is 1. The van der Waals surface area contributed by atoms with Gasteiger partial charge in [-0.3, -0.25) is 0 Å². The lowest BCUT2D eigenvalue weighted by Crippen LogP contribution is -2.23. The molecule has 1 heterocycles. The molecule has 1 aliphatic heterocycles. The molecule has 0 radical (unpaired) electrons. The predicted molar refractivity (Wildman–Crippen MR) is 69.9 cm³/mol. The van der Waals surface area contributed by atoms with Gasteiger partial charge in [-0.2, -0.15) is 0 Å². The van der Waals surface area contributed by atoms with Crippen molar-refractivity contribution in [3.05, 3.63) is 29.3 Å². The van der Waals surface area contributed by atoms with E-state index < -0.39 is 0 Å². The number of hydrogen-bond donors (Lipinski definition) is 1. The molecule has 0 fully saturated rings. The van der Waals surface area contributed by atoms with E-state index in [-0.39, 0.29) is 12.1 Å². The maximum atomic E-state index is 5.90. The van der Waals surface area contributed by atoms with Crippen LogP contribution >= 0.6 is 0 Å². The summed E-state index contributed by atoms with van der Waals surface area (Å²) < 4.78 is 5.65. The van der Waals surface area contributed by atoms with E-state index in [1.807, 2.05) is 12.1 Å². The molecule has 0 bridgehead atoms. The normalized spacial score (nSPS) is 19.2. The van der Waals surface area contributed by atoms with E-state index in [0.717, 1.165) is 17.7 Å². The van der Waals surface area contributed by atoms with Gasteiger partial charge in [0.25, 0.3) is 0 Å².